The van der Waals surface area contributed by atoms with E-state index in [1.807, 2.05) is 0 Å². The van der Waals surface area contributed by atoms with Crippen LogP contribution in [0.4, 0.5) is 0 Å². The monoisotopic (exact) mass is 291 g/mol. The second-order valence-electron chi connectivity index (χ2n) is 6.54. The molecule has 1 saturated carbocycles. The van der Waals surface area contributed by atoms with E-state index in [0.29, 0.717) is 18.1 Å². The summed E-state index contributed by atoms with van der Waals surface area (Å²) in [5.41, 5.74) is 2.67. The van der Waals surface area contributed by atoms with Crippen LogP contribution in [0.1, 0.15) is 24.0 Å². The number of fused-ring (bicyclic) bond motifs is 1. The predicted octanol–water partition coefficient (Wildman–Crippen LogP) is 3.17. The first-order valence-corrected chi connectivity index (χ1v) is 8.17. The number of ketones is 1. The molecule has 0 aromatic heterocycles. The van der Waals surface area contributed by atoms with Crippen molar-refractivity contribution >= 4 is 5.78 Å². The van der Waals surface area contributed by atoms with E-state index in [-0.39, 0.29) is 11.3 Å². The molecule has 22 heavy (non-hydrogen) atoms. The third-order valence-corrected chi connectivity index (χ3v) is 5.60. The van der Waals surface area contributed by atoms with Crippen molar-refractivity contribution in [2.75, 3.05) is 13.1 Å². The van der Waals surface area contributed by atoms with Gasteiger partial charge in [-0.25, -0.2) is 0 Å². The zero-order valence-electron chi connectivity index (χ0n) is 12.7. The highest BCUT2D eigenvalue weighted by Crippen LogP contribution is 2.50. The Balaban J connectivity index is 1.92. The van der Waals surface area contributed by atoms with E-state index in [2.05, 4.69) is 66.0 Å². The molecule has 112 valence electrons. The Morgan fingerprint density at radius 3 is 2.05 bits per heavy atom. The number of hydrogen-bond donors (Lipinski definition) is 1. The SMILES string of the molecule is O=C1CCC(c2ccccc2)(c2ccccc2)[C@@H]2CNC[C@H]12. The quantitative estimate of drug-likeness (QED) is 0.921. The highest BCUT2D eigenvalue weighted by atomic mass is 16.1. The number of rotatable bonds is 2. The van der Waals surface area contributed by atoms with Crippen LogP contribution in [0.2, 0.25) is 0 Å². The topological polar surface area (TPSA) is 29.1 Å². The summed E-state index contributed by atoms with van der Waals surface area (Å²) in [4.78, 5) is 12.4. The minimum absolute atomic E-state index is 0.0371. The van der Waals surface area contributed by atoms with E-state index in [4.69, 9.17) is 0 Å². The normalized spacial score (nSPS) is 26.6. The molecule has 2 heteroatoms. The minimum atomic E-state index is -0.0371. The largest absolute Gasteiger partial charge is 0.316 e. The molecule has 1 saturated heterocycles. The molecule has 1 N–H and O–H groups in total. The van der Waals surface area contributed by atoms with Gasteiger partial charge in [-0.3, -0.25) is 4.79 Å². The van der Waals surface area contributed by atoms with Crippen LogP contribution in [-0.2, 0) is 10.2 Å². The second kappa shape index (κ2) is 5.36. The Bertz CT molecular complexity index is 625. The summed E-state index contributed by atoms with van der Waals surface area (Å²) in [5.74, 6) is 0.963. The fourth-order valence-electron chi connectivity index (χ4n) is 4.58. The van der Waals surface area contributed by atoms with E-state index in [9.17, 15) is 4.79 Å². The summed E-state index contributed by atoms with van der Waals surface area (Å²) < 4.78 is 0. The number of carbonyl (C=O) groups excluding carboxylic acids is 1. The van der Waals surface area contributed by atoms with E-state index < -0.39 is 0 Å². The van der Waals surface area contributed by atoms with E-state index in [1.165, 1.54) is 11.1 Å². The standard InChI is InChI=1S/C20H21NO/c22-19-11-12-20(15-7-3-1-4-8-15,16-9-5-2-6-10-16)18-14-21-13-17(18)19/h1-10,17-18,21H,11-14H2/t17-,18+/m0/s1. The molecule has 0 bridgehead atoms. The van der Waals surface area contributed by atoms with Crippen molar-refractivity contribution < 1.29 is 4.79 Å². The molecule has 2 aliphatic rings. The third-order valence-electron chi connectivity index (χ3n) is 5.60. The fourth-order valence-corrected chi connectivity index (χ4v) is 4.58. The van der Waals surface area contributed by atoms with Gasteiger partial charge in [0.05, 0.1) is 0 Å². The lowest BCUT2D eigenvalue weighted by atomic mass is 9.56. The van der Waals surface area contributed by atoms with Crippen LogP contribution in [-0.4, -0.2) is 18.9 Å². The summed E-state index contributed by atoms with van der Waals surface area (Å²) in [5, 5.41) is 3.47. The van der Waals surface area contributed by atoms with Crippen LogP contribution < -0.4 is 5.32 Å². The Morgan fingerprint density at radius 2 is 1.45 bits per heavy atom. The van der Waals surface area contributed by atoms with Gasteiger partial charge < -0.3 is 5.32 Å². The molecule has 0 amide bonds. The molecular formula is C20H21NO. The maximum Gasteiger partial charge on any atom is 0.137 e. The molecule has 0 unspecified atom stereocenters. The van der Waals surface area contributed by atoms with Gasteiger partial charge in [-0.15, -0.1) is 0 Å². The summed E-state index contributed by atoms with van der Waals surface area (Å²) >= 11 is 0. The molecule has 1 aliphatic carbocycles. The van der Waals surface area contributed by atoms with Crippen LogP contribution in [0.15, 0.2) is 60.7 Å². The Kier molecular flexibility index (Phi) is 3.34. The van der Waals surface area contributed by atoms with E-state index >= 15 is 0 Å². The molecule has 0 spiro atoms. The Labute approximate surface area is 131 Å². The maximum absolute atomic E-state index is 12.4. The van der Waals surface area contributed by atoms with Crippen molar-refractivity contribution in [3.8, 4) is 0 Å². The highest BCUT2D eigenvalue weighted by molar-refractivity contribution is 5.84. The average molecular weight is 291 g/mol. The number of nitrogens with one attached hydrogen (secondary N) is 1. The van der Waals surface area contributed by atoms with Gasteiger partial charge in [0.1, 0.15) is 5.78 Å². The Morgan fingerprint density at radius 1 is 0.864 bits per heavy atom. The van der Waals surface area contributed by atoms with Gasteiger partial charge in [0.25, 0.3) is 0 Å². The van der Waals surface area contributed by atoms with Gasteiger partial charge in [0, 0.05) is 24.3 Å². The molecule has 1 aliphatic heterocycles. The summed E-state index contributed by atoms with van der Waals surface area (Å²) in [7, 11) is 0. The number of hydrogen-bond acceptors (Lipinski definition) is 2. The second-order valence-corrected chi connectivity index (χ2v) is 6.54. The summed E-state index contributed by atoms with van der Waals surface area (Å²) in [6.45, 7) is 1.77. The molecule has 2 nitrogen and oxygen atoms in total. The first-order chi connectivity index (χ1) is 10.8. The highest BCUT2D eigenvalue weighted by Gasteiger charge is 2.52. The first kappa shape index (κ1) is 13.7. The van der Waals surface area contributed by atoms with Crippen molar-refractivity contribution in [1.82, 2.24) is 5.32 Å². The van der Waals surface area contributed by atoms with Gasteiger partial charge in [-0.2, -0.15) is 0 Å². The molecule has 4 rings (SSSR count). The lowest BCUT2D eigenvalue weighted by Gasteiger charge is -2.45. The molecule has 2 atom stereocenters. The van der Waals surface area contributed by atoms with Crippen molar-refractivity contribution in [3.63, 3.8) is 0 Å². The number of benzene rings is 2. The van der Waals surface area contributed by atoms with Crippen LogP contribution >= 0.6 is 0 Å². The molecule has 2 aromatic rings. The number of Topliss-reactive ketones (excluding diaryl/α,β-unsaturated/α-hetero) is 1. The maximum atomic E-state index is 12.4. The van der Waals surface area contributed by atoms with Crippen LogP contribution in [0.25, 0.3) is 0 Å². The summed E-state index contributed by atoms with van der Waals surface area (Å²) in [6.07, 6.45) is 1.61. The lowest BCUT2D eigenvalue weighted by molar-refractivity contribution is -0.126. The van der Waals surface area contributed by atoms with Crippen molar-refractivity contribution in [2.45, 2.75) is 18.3 Å². The average Bonchev–Trinajstić information content (AvgIpc) is 3.08. The third kappa shape index (κ3) is 1.94. The molecular weight excluding hydrogens is 270 g/mol. The van der Waals surface area contributed by atoms with Crippen LogP contribution in [0.3, 0.4) is 0 Å². The lowest BCUT2D eigenvalue weighted by Crippen LogP contribution is -2.47. The molecule has 1 heterocycles. The van der Waals surface area contributed by atoms with Crippen LogP contribution in [0, 0.1) is 11.8 Å². The minimum Gasteiger partial charge on any atom is -0.316 e. The molecule has 0 radical (unpaired) electrons. The van der Waals surface area contributed by atoms with E-state index in [1.54, 1.807) is 0 Å². The van der Waals surface area contributed by atoms with Crippen LogP contribution in [0.5, 0.6) is 0 Å². The van der Waals surface area contributed by atoms with Gasteiger partial charge >= 0.3 is 0 Å². The smallest absolute Gasteiger partial charge is 0.137 e. The first-order valence-electron chi connectivity index (χ1n) is 8.17. The fraction of sp³-hybridized carbons (Fsp3) is 0.350. The molecule has 2 aromatic carbocycles. The number of carbonyl (C=O) groups is 1. The van der Waals surface area contributed by atoms with E-state index in [0.717, 1.165) is 19.5 Å². The zero-order chi connectivity index (χ0) is 15.0. The summed E-state index contributed by atoms with van der Waals surface area (Å²) in [6, 6.07) is 21.6. The van der Waals surface area contributed by atoms with Gasteiger partial charge in [0.2, 0.25) is 0 Å². The van der Waals surface area contributed by atoms with Gasteiger partial charge in [0.15, 0.2) is 0 Å². The molecule has 2 fully saturated rings. The zero-order valence-corrected chi connectivity index (χ0v) is 12.7. The van der Waals surface area contributed by atoms with Crippen molar-refractivity contribution in [2.24, 2.45) is 11.8 Å². The van der Waals surface area contributed by atoms with Gasteiger partial charge in [-0.1, -0.05) is 60.7 Å². The van der Waals surface area contributed by atoms with Crippen molar-refractivity contribution in [1.29, 1.82) is 0 Å². The predicted molar refractivity (Wildman–Crippen MR) is 87.8 cm³/mol. The Hall–Kier alpha value is -1.93. The van der Waals surface area contributed by atoms with Gasteiger partial charge in [-0.05, 0) is 30.0 Å². The van der Waals surface area contributed by atoms with Crippen molar-refractivity contribution in [3.05, 3.63) is 71.8 Å².